The molecule has 0 aromatic carbocycles. The zero-order valence-electron chi connectivity index (χ0n) is 3.97. The Morgan fingerprint density at radius 1 is 1.38 bits per heavy atom. The van der Waals surface area contributed by atoms with E-state index in [0.717, 1.165) is 0 Å². The molecule has 2 N–H and O–H groups in total. The molecule has 0 saturated heterocycles. The molecule has 0 aromatic rings. The maximum atomic E-state index is 9.45. The van der Waals surface area contributed by atoms with Crippen molar-refractivity contribution in [2.75, 3.05) is 0 Å². The van der Waals surface area contributed by atoms with Crippen molar-refractivity contribution in [1.29, 1.82) is 0 Å². The summed E-state index contributed by atoms with van der Waals surface area (Å²) in [5.74, 6) is 0. The first kappa shape index (κ1) is 12.4. The molecule has 0 amide bonds. The van der Waals surface area contributed by atoms with Crippen LogP contribution in [-0.2, 0) is 13.9 Å². The van der Waals surface area contributed by atoms with Gasteiger partial charge in [-0.1, -0.05) is 0 Å². The molecule has 8 heavy (non-hydrogen) atoms. The molecule has 44 valence electrons. The second-order valence-corrected chi connectivity index (χ2v) is 1.83. The predicted octanol–water partition coefficient (Wildman–Crippen LogP) is -3.56. The Kier molecular flexibility index (Phi) is 8.42. The summed E-state index contributed by atoms with van der Waals surface area (Å²) in [4.78, 5) is 9.45. The van der Waals surface area contributed by atoms with Gasteiger partial charge >= 0.3 is 59.2 Å². The van der Waals surface area contributed by atoms with Gasteiger partial charge in [-0.2, -0.15) is 9.35 Å². The van der Waals surface area contributed by atoms with Crippen LogP contribution >= 0.6 is 7.82 Å². The van der Waals surface area contributed by atoms with E-state index in [0.29, 0.717) is 0 Å². The number of hydrogen-bond donors (Lipinski definition) is 2. The molecule has 0 bridgehead atoms. The maximum absolute atomic E-state index is 9.45. The Balaban J connectivity index is 0. The monoisotopic (exact) mass is 168 g/mol. The Hall–Kier alpha value is 1.67. The van der Waals surface area contributed by atoms with Crippen LogP contribution in [0.4, 0.5) is 0 Å². The van der Waals surface area contributed by atoms with Crippen LogP contribution in [0, 0.1) is 0 Å². The Bertz CT molecular complexity index is 80.5. The Morgan fingerprint density at radius 3 is 1.62 bits per heavy atom. The molecular formula is H2KO6P. The van der Waals surface area contributed by atoms with Crippen molar-refractivity contribution in [3.63, 3.8) is 0 Å². The average Bonchev–Trinajstić information content (AvgIpc) is 1.68. The van der Waals surface area contributed by atoms with E-state index in [2.05, 4.69) is 9.35 Å². The van der Waals surface area contributed by atoms with Gasteiger partial charge in [0, 0.05) is 0 Å². The third-order valence-electron chi connectivity index (χ3n) is 0.200. The fourth-order valence-electron chi connectivity index (χ4n) is 0.0149. The van der Waals surface area contributed by atoms with Gasteiger partial charge in [0.05, 0.1) is 0 Å². The largest absolute Gasteiger partial charge is 1.00 e. The van der Waals surface area contributed by atoms with E-state index < -0.39 is 7.82 Å². The van der Waals surface area contributed by atoms with Gasteiger partial charge in [-0.25, -0.2) is 10.5 Å². The fourth-order valence-corrected chi connectivity index (χ4v) is 0.0447. The van der Waals surface area contributed by atoms with Crippen molar-refractivity contribution in [2.24, 2.45) is 0 Å². The Labute approximate surface area is 87.3 Å². The van der Waals surface area contributed by atoms with E-state index >= 15 is 0 Å². The van der Waals surface area contributed by atoms with E-state index in [9.17, 15) is 9.46 Å². The quantitative estimate of drug-likeness (QED) is 0.191. The average molecular weight is 168 g/mol. The number of hydrogen-bond acceptors (Lipinski definition) is 6. The van der Waals surface area contributed by atoms with Crippen molar-refractivity contribution in [3.8, 4) is 0 Å². The normalized spacial score (nSPS) is 10.4. The molecule has 8 heteroatoms. The third-order valence-corrected chi connectivity index (χ3v) is 0.600. The standard InChI is InChI=1S/K.H3O6P/c;1-5-7(3,4)6-2/h;1-2H,(H,3,4)/q+1;/p-1. The van der Waals surface area contributed by atoms with Gasteiger partial charge in [0.25, 0.3) is 0 Å². The topological polar surface area (TPSA) is 99.1 Å². The van der Waals surface area contributed by atoms with E-state index in [-0.39, 0.29) is 51.4 Å². The van der Waals surface area contributed by atoms with Gasteiger partial charge < -0.3 is 4.89 Å². The van der Waals surface area contributed by atoms with Gasteiger partial charge in [0.1, 0.15) is 0 Å². The van der Waals surface area contributed by atoms with Crippen molar-refractivity contribution >= 4 is 7.82 Å². The minimum Gasteiger partial charge on any atom is -0.753 e. The van der Waals surface area contributed by atoms with Crippen molar-refractivity contribution in [2.45, 2.75) is 0 Å². The maximum Gasteiger partial charge on any atom is 1.00 e. The van der Waals surface area contributed by atoms with Crippen LogP contribution in [-0.4, -0.2) is 10.5 Å². The third kappa shape index (κ3) is 5.80. The first-order chi connectivity index (χ1) is 3.12. The summed E-state index contributed by atoms with van der Waals surface area (Å²) in [6.07, 6.45) is 0. The van der Waals surface area contributed by atoms with Crippen LogP contribution in [0.5, 0.6) is 0 Å². The molecular weight excluding hydrogens is 166 g/mol. The summed E-state index contributed by atoms with van der Waals surface area (Å²) in [5, 5.41) is 14.5. The van der Waals surface area contributed by atoms with Gasteiger partial charge in [-0.3, -0.25) is 4.57 Å². The summed E-state index contributed by atoms with van der Waals surface area (Å²) in [6.45, 7) is 0. The molecule has 0 radical (unpaired) electrons. The molecule has 0 unspecified atom stereocenters. The second-order valence-electron chi connectivity index (χ2n) is 0.611. The van der Waals surface area contributed by atoms with E-state index in [1.807, 2.05) is 0 Å². The molecule has 0 heterocycles. The molecule has 0 saturated carbocycles. The summed E-state index contributed by atoms with van der Waals surface area (Å²) >= 11 is 0. The summed E-state index contributed by atoms with van der Waals surface area (Å²) in [7, 11) is -4.79. The minimum absolute atomic E-state index is 0. The molecule has 0 aliphatic carbocycles. The first-order valence-electron chi connectivity index (χ1n) is 1.10. The minimum atomic E-state index is -4.79. The second kappa shape index (κ2) is 5.45. The SMILES string of the molecule is O=P([O-])(OO)OO.[K+]. The van der Waals surface area contributed by atoms with Crippen molar-refractivity contribution < 1.29 is 80.7 Å². The summed E-state index contributed by atoms with van der Waals surface area (Å²) < 4.78 is 14.7. The first-order valence-corrected chi connectivity index (χ1v) is 2.56. The zero-order valence-corrected chi connectivity index (χ0v) is 7.99. The van der Waals surface area contributed by atoms with E-state index in [1.165, 1.54) is 0 Å². The van der Waals surface area contributed by atoms with E-state index in [4.69, 9.17) is 10.5 Å². The van der Waals surface area contributed by atoms with Crippen molar-refractivity contribution in [3.05, 3.63) is 0 Å². The molecule has 6 nitrogen and oxygen atoms in total. The van der Waals surface area contributed by atoms with Crippen LogP contribution in [0.3, 0.4) is 0 Å². The molecule has 0 aliphatic heterocycles. The van der Waals surface area contributed by atoms with Crippen LogP contribution < -0.4 is 56.3 Å². The van der Waals surface area contributed by atoms with E-state index in [1.54, 1.807) is 0 Å². The van der Waals surface area contributed by atoms with Crippen LogP contribution in [0.25, 0.3) is 0 Å². The van der Waals surface area contributed by atoms with Crippen LogP contribution in [0.1, 0.15) is 0 Å². The van der Waals surface area contributed by atoms with Gasteiger partial charge in [0.15, 0.2) is 0 Å². The summed E-state index contributed by atoms with van der Waals surface area (Å²) in [6, 6.07) is 0. The fraction of sp³-hybridized carbons (Fsp3) is 0. The molecule has 0 atom stereocenters. The zero-order chi connectivity index (χ0) is 5.91. The van der Waals surface area contributed by atoms with Crippen molar-refractivity contribution in [1.82, 2.24) is 0 Å². The smallest absolute Gasteiger partial charge is 0.753 e. The van der Waals surface area contributed by atoms with Crippen LogP contribution in [0.2, 0.25) is 0 Å². The number of phosphoric acid groups is 1. The number of rotatable bonds is 2. The molecule has 0 spiro atoms. The molecule has 0 aliphatic rings. The van der Waals surface area contributed by atoms with Crippen LogP contribution in [0.15, 0.2) is 0 Å². The molecule has 0 fully saturated rings. The molecule has 0 rings (SSSR count). The van der Waals surface area contributed by atoms with Gasteiger partial charge in [0.2, 0.25) is 0 Å². The predicted molar refractivity (Wildman–Crippen MR) is 15.0 cm³/mol. The Morgan fingerprint density at radius 2 is 1.62 bits per heavy atom. The summed E-state index contributed by atoms with van der Waals surface area (Å²) in [5.41, 5.74) is 0. The van der Waals surface area contributed by atoms with Gasteiger partial charge in [-0.15, -0.1) is 0 Å². The van der Waals surface area contributed by atoms with Gasteiger partial charge in [-0.05, 0) is 0 Å². The molecule has 0 aromatic heterocycles.